The summed E-state index contributed by atoms with van der Waals surface area (Å²) in [6.07, 6.45) is 0. The molecule has 0 radical (unpaired) electrons. The largest absolute Gasteiger partial charge is 0.368 e. The first kappa shape index (κ1) is 15.1. The van der Waals surface area contributed by atoms with E-state index in [9.17, 15) is 4.79 Å². The summed E-state index contributed by atoms with van der Waals surface area (Å²) in [6, 6.07) is 8.46. The van der Waals surface area contributed by atoms with E-state index in [1.54, 1.807) is 11.3 Å². The molecule has 1 aromatic heterocycles. The number of piperazine rings is 1. The quantitative estimate of drug-likeness (QED) is 0.845. The van der Waals surface area contributed by atoms with Crippen LogP contribution in [0.1, 0.15) is 26.4 Å². The van der Waals surface area contributed by atoms with Gasteiger partial charge >= 0.3 is 0 Å². The zero-order valence-corrected chi connectivity index (χ0v) is 14.2. The van der Waals surface area contributed by atoms with Crippen LogP contribution in [0.3, 0.4) is 0 Å². The van der Waals surface area contributed by atoms with E-state index in [1.165, 1.54) is 16.1 Å². The molecule has 0 aliphatic carbocycles. The molecule has 0 N–H and O–H groups in total. The SMILES string of the molecule is Cc1ccccc1N1CCN(C(=O)c2csc(C)c2C)CC1. The second kappa shape index (κ2) is 6.13. The topological polar surface area (TPSA) is 23.6 Å². The molecule has 1 fully saturated rings. The first-order valence-corrected chi connectivity index (χ1v) is 8.60. The van der Waals surface area contributed by atoms with E-state index < -0.39 is 0 Å². The van der Waals surface area contributed by atoms with Crippen LogP contribution in [0.25, 0.3) is 0 Å². The van der Waals surface area contributed by atoms with E-state index in [2.05, 4.69) is 43.0 Å². The molecule has 1 aliphatic rings. The maximum atomic E-state index is 12.7. The van der Waals surface area contributed by atoms with Gasteiger partial charge in [0.2, 0.25) is 0 Å². The first-order valence-electron chi connectivity index (χ1n) is 7.72. The van der Waals surface area contributed by atoms with Gasteiger partial charge in [-0.25, -0.2) is 0 Å². The Kier molecular flexibility index (Phi) is 4.21. The van der Waals surface area contributed by atoms with Crippen molar-refractivity contribution in [2.45, 2.75) is 20.8 Å². The Balaban J connectivity index is 1.68. The highest BCUT2D eigenvalue weighted by atomic mass is 32.1. The number of anilines is 1. The van der Waals surface area contributed by atoms with Crippen LogP contribution >= 0.6 is 11.3 Å². The predicted molar refractivity (Wildman–Crippen MR) is 93.1 cm³/mol. The molecule has 0 unspecified atom stereocenters. The molecule has 1 amide bonds. The molecule has 0 spiro atoms. The maximum absolute atomic E-state index is 12.7. The lowest BCUT2D eigenvalue weighted by Gasteiger charge is -2.36. The molecular weight excluding hydrogens is 292 g/mol. The van der Waals surface area contributed by atoms with Gasteiger partial charge in [-0.05, 0) is 38.0 Å². The van der Waals surface area contributed by atoms with E-state index in [0.29, 0.717) is 0 Å². The minimum absolute atomic E-state index is 0.186. The molecule has 0 atom stereocenters. The Morgan fingerprint density at radius 2 is 1.73 bits per heavy atom. The lowest BCUT2D eigenvalue weighted by molar-refractivity contribution is 0.0746. The summed E-state index contributed by atoms with van der Waals surface area (Å²) < 4.78 is 0. The minimum atomic E-state index is 0.186. The molecule has 1 aliphatic heterocycles. The Morgan fingerprint density at radius 3 is 2.32 bits per heavy atom. The number of nitrogens with zero attached hydrogens (tertiary/aromatic N) is 2. The van der Waals surface area contributed by atoms with Crippen molar-refractivity contribution in [3.8, 4) is 0 Å². The van der Waals surface area contributed by atoms with Gasteiger partial charge < -0.3 is 9.80 Å². The third-order valence-electron chi connectivity index (χ3n) is 4.54. The molecule has 2 aromatic rings. The molecule has 3 nitrogen and oxygen atoms in total. The molecule has 0 bridgehead atoms. The number of hydrogen-bond donors (Lipinski definition) is 0. The van der Waals surface area contributed by atoms with Gasteiger partial charge in [0.05, 0.1) is 5.56 Å². The molecular formula is C18H22N2OS. The molecule has 116 valence electrons. The van der Waals surface area contributed by atoms with Crippen LogP contribution in [0.2, 0.25) is 0 Å². The van der Waals surface area contributed by atoms with Gasteiger partial charge in [-0.3, -0.25) is 4.79 Å². The number of thiophene rings is 1. The third-order valence-corrected chi connectivity index (χ3v) is 5.55. The number of carbonyl (C=O) groups excluding carboxylic acids is 1. The number of para-hydroxylation sites is 1. The van der Waals surface area contributed by atoms with Crippen LogP contribution in [0.4, 0.5) is 5.69 Å². The van der Waals surface area contributed by atoms with Crippen molar-refractivity contribution in [2.24, 2.45) is 0 Å². The first-order chi connectivity index (χ1) is 10.6. The molecule has 22 heavy (non-hydrogen) atoms. The number of carbonyl (C=O) groups is 1. The Bertz CT molecular complexity index is 684. The predicted octanol–water partition coefficient (Wildman–Crippen LogP) is 3.64. The van der Waals surface area contributed by atoms with E-state index in [1.807, 2.05) is 17.2 Å². The summed E-state index contributed by atoms with van der Waals surface area (Å²) in [5.41, 5.74) is 4.60. The van der Waals surface area contributed by atoms with Crippen molar-refractivity contribution in [2.75, 3.05) is 31.1 Å². The Hall–Kier alpha value is -1.81. The summed E-state index contributed by atoms with van der Waals surface area (Å²) in [5.74, 6) is 0.186. The van der Waals surface area contributed by atoms with Crippen LogP contribution in [0.5, 0.6) is 0 Å². The van der Waals surface area contributed by atoms with Crippen LogP contribution in [0, 0.1) is 20.8 Å². The van der Waals surface area contributed by atoms with Crippen LogP contribution in [-0.2, 0) is 0 Å². The zero-order chi connectivity index (χ0) is 15.7. The summed E-state index contributed by atoms with van der Waals surface area (Å²) >= 11 is 1.66. The summed E-state index contributed by atoms with van der Waals surface area (Å²) in [5, 5.41) is 2.00. The monoisotopic (exact) mass is 314 g/mol. The zero-order valence-electron chi connectivity index (χ0n) is 13.4. The van der Waals surface area contributed by atoms with Gasteiger partial charge in [-0.2, -0.15) is 0 Å². The number of benzene rings is 1. The van der Waals surface area contributed by atoms with E-state index >= 15 is 0 Å². The highest BCUT2D eigenvalue weighted by Gasteiger charge is 2.24. The van der Waals surface area contributed by atoms with Gasteiger partial charge in [0.15, 0.2) is 0 Å². The number of aryl methyl sites for hydroxylation is 2. The summed E-state index contributed by atoms with van der Waals surface area (Å²) in [6.45, 7) is 9.65. The lowest BCUT2D eigenvalue weighted by atomic mass is 10.1. The van der Waals surface area contributed by atoms with Crippen LogP contribution in [0.15, 0.2) is 29.6 Å². The maximum Gasteiger partial charge on any atom is 0.255 e. The van der Waals surface area contributed by atoms with Gasteiger partial charge in [0, 0.05) is 42.1 Å². The number of rotatable bonds is 2. The van der Waals surface area contributed by atoms with Gasteiger partial charge in [0.25, 0.3) is 5.91 Å². The number of hydrogen-bond acceptors (Lipinski definition) is 3. The Morgan fingerprint density at radius 1 is 1.05 bits per heavy atom. The third kappa shape index (κ3) is 2.75. The van der Waals surface area contributed by atoms with Crippen LogP contribution < -0.4 is 4.90 Å². The highest BCUT2D eigenvalue weighted by Crippen LogP contribution is 2.24. The summed E-state index contributed by atoms with van der Waals surface area (Å²) in [4.78, 5) is 18.3. The lowest BCUT2D eigenvalue weighted by Crippen LogP contribution is -2.49. The second-order valence-corrected chi connectivity index (χ2v) is 6.98. The van der Waals surface area contributed by atoms with Crippen molar-refractivity contribution in [1.29, 1.82) is 0 Å². The van der Waals surface area contributed by atoms with Crippen molar-refractivity contribution in [1.82, 2.24) is 4.90 Å². The molecule has 1 aromatic carbocycles. The van der Waals surface area contributed by atoms with Crippen molar-refractivity contribution in [3.63, 3.8) is 0 Å². The molecule has 4 heteroatoms. The average Bonchev–Trinajstić information content (AvgIpc) is 2.87. The van der Waals surface area contributed by atoms with Crippen molar-refractivity contribution >= 4 is 22.9 Å². The molecule has 0 saturated carbocycles. The normalized spacial score (nSPS) is 15.2. The van der Waals surface area contributed by atoms with Gasteiger partial charge in [-0.1, -0.05) is 18.2 Å². The second-order valence-electron chi connectivity index (χ2n) is 5.90. The van der Waals surface area contributed by atoms with Crippen LogP contribution in [-0.4, -0.2) is 37.0 Å². The molecule has 3 rings (SSSR count). The van der Waals surface area contributed by atoms with Crippen molar-refractivity contribution < 1.29 is 4.79 Å². The molecule has 1 saturated heterocycles. The standard InChI is InChI=1S/C18H22N2OS/c1-13-6-4-5-7-17(13)19-8-10-20(11-9-19)18(21)16-12-22-15(3)14(16)2/h4-7,12H,8-11H2,1-3H3. The highest BCUT2D eigenvalue weighted by molar-refractivity contribution is 7.10. The fraction of sp³-hybridized carbons (Fsp3) is 0.389. The Labute approximate surface area is 136 Å². The van der Waals surface area contributed by atoms with Gasteiger partial charge in [-0.15, -0.1) is 11.3 Å². The van der Waals surface area contributed by atoms with E-state index in [4.69, 9.17) is 0 Å². The fourth-order valence-corrected chi connectivity index (χ4v) is 3.82. The van der Waals surface area contributed by atoms with Gasteiger partial charge in [0.1, 0.15) is 0 Å². The smallest absolute Gasteiger partial charge is 0.255 e. The van der Waals surface area contributed by atoms with Crippen molar-refractivity contribution in [3.05, 3.63) is 51.2 Å². The van der Waals surface area contributed by atoms with E-state index in [0.717, 1.165) is 37.3 Å². The fourth-order valence-electron chi connectivity index (χ4n) is 2.96. The average molecular weight is 314 g/mol. The van der Waals surface area contributed by atoms with E-state index in [-0.39, 0.29) is 5.91 Å². The number of amides is 1. The summed E-state index contributed by atoms with van der Waals surface area (Å²) in [7, 11) is 0. The minimum Gasteiger partial charge on any atom is -0.368 e. The molecule has 2 heterocycles.